The summed E-state index contributed by atoms with van der Waals surface area (Å²) in [5.41, 5.74) is 2.41. The van der Waals surface area contributed by atoms with Crippen molar-refractivity contribution in [2.24, 2.45) is 0 Å². The largest absolute Gasteiger partial charge is 0.494 e. The number of ether oxygens (including phenoxy) is 2. The Bertz CT molecular complexity index is 577. The average molecular weight is 456 g/mol. The van der Waals surface area contributed by atoms with Gasteiger partial charge in [-0.25, -0.2) is 0 Å². The van der Waals surface area contributed by atoms with Crippen LogP contribution in [-0.2, 0) is 0 Å². The standard InChI is InChI=1S/C20H24Br2O2/c1-3-11-23-17-9-5-7-15(13-17)19(20(21)22)16-8-6-10-18(14-16)24-12-4-2/h5-10,13-14,19-20H,3-4,11-12H2,1-2H3. The van der Waals surface area contributed by atoms with Crippen LogP contribution in [0.4, 0.5) is 0 Å². The van der Waals surface area contributed by atoms with E-state index in [0.717, 1.165) is 37.6 Å². The summed E-state index contributed by atoms with van der Waals surface area (Å²) < 4.78 is 11.7. The highest BCUT2D eigenvalue weighted by Gasteiger charge is 2.21. The monoisotopic (exact) mass is 454 g/mol. The minimum Gasteiger partial charge on any atom is -0.494 e. The van der Waals surface area contributed by atoms with Crippen LogP contribution in [0.2, 0.25) is 0 Å². The quantitative estimate of drug-likeness (QED) is 0.401. The summed E-state index contributed by atoms with van der Waals surface area (Å²) in [4.78, 5) is 0. The van der Waals surface area contributed by atoms with Gasteiger partial charge in [-0.05, 0) is 48.2 Å². The fourth-order valence-corrected chi connectivity index (χ4v) is 3.74. The lowest BCUT2D eigenvalue weighted by molar-refractivity contribution is 0.316. The van der Waals surface area contributed by atoms with E-state index in [-0.39, 0.29) is 9.65 Å². The van der Waals surface area contributed by atoms with Gasteiger partial charge < -0.3 is 9.47 Å². The summed E-state index contributed by atoms with van der Waals surface area (Å²) in [6.07, 6.45) is 2.01. The first-order valence-corrected chi connectivity index (χ1v) is 10.2. The maximum atomic E-state index is 5.78. The van der Waals surface area contributed by atoms with Crippen molar-refractivity contribution in [1.29, 1.82) is 0 Å². The lowest BCUT2D eigenvalue weighted by Crippen LogP contribution is -2.09. The van der Waals surface area contributed by atoms with Crippen molar-refractivity contribution < 1.29 is 9.47 Å². The number of benzene rings is 2. The molecule has 0 aromatic heterocycles. The molecular weight excluding hydrogens is 432 g/mol. The van der Waals surface area contributed by atoms with Crippen molar-refractivity contribution in [2.75, 3.05) is 13.2 Å². The Morgan fingerprint density at radius 2 is 1.25 bits per heavy atom. The molecule has 2 nitrogen and oxygen atoms in total. The highest BCUT2D eigenvalue weighted by atomic mass is 79.9. The Labute approximate surface area is 161 Å². The van der Waals surface area contributed by atoms with E-state index in [2.05, 4.69) is 70.0 Å². The fourth-order valence-electron chi connectivity index (χ4n) is 2.52. The van der Waals surface area contributed by atoms with E-state index in [4.69, 9.17) is 9.47 Å². The molecule has 0 atom stereocenters. The van der Waals surface area contributed by atoms with Crippen LogP contribution >= 0.6 is 31.9 Å². The first-order valence-electron chi connectivity index (χ1n) is 8.39. The van der Waals surface area contributed by atoms with Crippen molar-refractivity contribution in [2.45, 2.75) is 36.3 Å². The normalized spacial score (nSPS) is 11.1. The Hall–Kier alpha value is -1.00. The molecule has 0 spiro atoms. The van der Waals surface area contributed by atoms with E-state index in [1.54, 1.807) is 0 Å². The predicted molar refractivity (Wildman–Crippen MR) is 108 cm³/mol. The van der Waals surface area contributed by atoms with Crippen LogP contribution in [0.5, 0.6) is 11.5 Å². The third-order valence-electron chi connectivity index (χ3n) is 3.63. The van der Waals surface area contributed by atoms with Gasteiger partial charge in [-0.1, -0.05) is 70.0 Å². The molecule has 0 radical (unpaired) electrons. The minimum atomic E-state index is 0.118. The van der Waals surface area contributed by atoms with Crippen molar-refractivity contribution in [1.82, 2.24) is 0 Å². The zero-order valence-electron chi connectivity index (χ0n) is 14.2. The van der Waals surface area contributed by atoms with Gasteiger partial charge in [0.25, 0.3) is 0 Å². The Kier molecular flexibility index (Phi) is 8.13. The first kappa shape index (κ1) is 19.3. The first-order chi connectivity index (χ1) is 11.7. The molecule has 0 saturated heterocycles. The lowest BCUT2D eigenvalue weighted by Gasteiger charge is -2.21. The molecule has 0 aliphatic rings. The second-order valence-corrected chi connectivity index (χ2v) is 8.86. The zero-order valence-corrected chi connectivity index (χ0v) is 17.3. The molecule has 0 N–H and O–H groups in total. The van der Waals surface area contributed by atoms with Gasteiger partial charge in [0.05, 0.1) is 17.0 Å². The average Bonchev–Trinajstić information content (AvgIpc) is 2.59. The van der Waals surface area contributed by atoms with Gasteiger partial charge in [-0.15, -0.1) is 0 Å². The molecule has 24 heavy (non-hydrogen) atoms. The number of halogens is 2. The predicted octanol–water partition coefficient (Wildman–Crippen LogP) is 6.51. The Balaban J connectivity index is 2.29. The van der Waals surface area contributed by atoms with Crippen LogP contribution in [-0.4, -0.2) is 17.0 Å². The number of alkyl halides is 2. The molecule has 0 bridgehead atoms. The lowest BCUT2D eigenvalue weighted by atomic mass is 9.93. The van der Waals surface area contributed by atoms with Crippen LogP contribution in [0, 0.1) is 0 Å². The maximum absolute atomic E-state index is 5.78. The number of rotatable bonds is 9. The second kappa shape index (κ2) is 10.1. The van der Waals surface area contributed by atoms with E-state index >= 15 is 0 Å². The topological polar surface area (TPSA) is 18.5 Å². The molecule has 0 saturated carbocycles. The number of hydrogen-bond acceptors (Lipinski definition) is 2. The molecule has 2 rings (SSSR count). The molecule has 0 amide bonds. The van der Waals surface area contributed by atoms with Gasteiger partial charge in [0.1, 0.15) is 11.5 Å². The van der Waals surface area contributed by atoms with Crippen molar-refractivity contribution in [3.8, 4) is 11.5 Å². The zero-order chi connectivity index (χ0) is 17.4. The van der Waals surface area contributed by atoms with Crippen LogP contribution in [0.25, 0.3) is 0 Å². The highest BCUT2D eigenvalue weighted by molar-refractivity contribution is 9.24. The van der Waals surface area contributed by atoms with E-state index in [0.29, 0.717) is 0 Å². The minimum absolute atomic E-state index is 0.118. The fraction of sp³-hybridized carbons (Fsp3) is 0.400. The summed E-state index contributed by atoms with van der Waals surface area (Å²) in [6, 6.07) is 16.6. The van der Waals surface area contributed by atoms with E-state index < -0.39 is 0 Å². The van der Waals surface area contributed by atoms with Crippen molar-refractivity contribution in [3.63, 3.8) is 0 Å². The molecule has 0 fully saturated rings. The van der Waals surface area contributed by atoms with Gasteiger partial charge in [0.15, 0.2) is 0 Å². The summed E-state index contributed by atoms with van der Waals surface area (Å²) in [5.74, 6) is 2.00. The van der Waals surface area contributed by atoms with Crippen LogP contribution < -0.4 is 9.47 Å². The highest BCUT2D eigenvalue weighted by Crippen LogP contribution is 2.37. The summed E-state index contributed by atoms with van der Waals surface area (Å²) in [5, 5.41) is 0. The molecule has 0 heterocycles. The molecule has 0 unspecified atom stereocenters. The van der Waals surface area contributed by atoms with Gasteiger partial charge in [-0.3, -0.25) is 0 Å². The van der Waals surface area contributed by atoms with Crippen molar-refractivity contribution in [3.05, 3.63) is 59.7 Å². The van der Waals surface area contributed by atoms with Gasteiger partial charge in [0, 0.05) is 5.92 Å². The van der Waals surface area contributed by atoms with E-state index in [9.17, 15) is 0 Å². The SMILES string of the molecule is CCCOc1cccc(C(c2cccc(OCCC)c2)C(Br)Br)c1. The van der Waals surface area contributed by atoms with Crippen LogP contribution in [0.3, 0.4) is 0 Å². The van der Waals surface area contributed by atoms with E-state index in [1.165, 1.54) is 11.1 Å². The summed E-state index contributed by atoms with van der Waals surface area (Å²) >= 11 is 7.41. The van der Waals surface area contributed by atoms with Gasteiger partial charge >= 0.3 is 0 Å². The molecule has 130 valence electrons. The third kappa shape index (κ3) is 5.52. The molecule has 4 heteroatoms. The van der Waals surface area contributed by atoms with Gasteiger partial charge in [0.2, 0.25) is 0 Å². The maximum Gasteiger partial charge on any atom is 0.119 e. The molecule has 0 aliphatic heterocycles. The Morgan fingerprint density at radius 1 is 0.792 bits per heavy atom. The third-order valence-corrected chi connectivity index (χ3v) is 4.69. The smallest absolute Gasteiger partial charge is 0.119 e. The second-order valence-electron chi connectivity index (χ2n) is 5.65. The molecule has 2 aromatic carbocycles. The van der Waals surface area contributed by atoms with Gasteiger partial charge in [-0.2, -0.15) is 0 Å². The number of hydrogen-bond donors (Lipinski definition) is 0. The summed E-state index contributed by atoms with van der Waals surface area (Å²) in [6.45, 7) is 5.70. The van der Waals surface area contributed by atoms with Crippen molar-refractivity contribution >= 4 is 31.9 Å². The van der Waals surface area contributed by atoms with E-state index in [1.807, 2.05) is 24.3 Å². The van der Waals surface area contributed by atoms with Crippen LogP contribution in [0.15, 0.2) is 48.5 Å². The molecule has 2 aromatic rings. The Morgan fingerprint density at radius 3 is 1.62 bits per heavy atom. The van der Waals surface area contributed by atoms with Crippen LogP contribution in [0.1, 0.15) is 43.7 Å². The summed E-state index contributed by atoms with van der Waals surface area (Å²) in [7, 11) is 0. The molecular formula is C20H24Br2O2. The molecule has 0 aliphatic carbocycles.